The van der Waals surface area contributed by atoms with Crippen molar-refractivity contribution in [1.29, 1.82) is 0 Å². The van der Waals surface area contributed by atoms with E-state index in [-0.39, 0.29) is 11.5 Å². The van der Waals surface area contributed by atoms with E-state index in [1.165, 1.54) is 31.2 Å². The number of phenolic OH excluding ortho intramolecular Hbond substituents is 2. The van der Waals surface area contributed by atoms with Crippen molar-refractivity contribution in [2.24, 2.45) is 0 Å². The Balaban J connectivity index is 2.93. The third-order valence-electron chi connectivity index (χ3n) is 3.51. The van der Waals surface area contributed by atoms with Gasteiger partial charge in [-0.3, -0.25) is 0 Å². The van der Waals surface area contributed by atoms with E-state index in [0.717, 1.165) is 34.8 Å². The minimum absolute atomic E-state index is 0.0233. The van der Waals surface area contributed by atoms with Crippen molar-refractivity contribution in [2.45, 2.75) is 65.2 Å². The van der Waals surface area contributed by atoms with Crippen LogP contribution in [-0.2, 0) is 12.8 Å². The second-order valence-electron chi connectivity index (χ2n) is 5.10. The van der Waals surface area contributed by atoms with Gasteiger partial charge in [-0.2, -0.15) is 0 Å². The highest BCUT2D eigenvalue weighted by Gasteiger charge is 2.15. The number of hydrogen-bond donors (Lipinski definition) is 2. The maximum Gasteiger partial charge on any atom is 0.161 e. The first-order valence-corrected chi connectivity index (χ1v) is 8.41. The average Bonchev–Trinajstić information content (AvgIpc) is 2.38. The van der Waals surface area contributed by atoms with Gasteiger partial charge in [-0.1, -0.05) is 39.5 Å². The predicted molar refractivity (Wildman–Crippen MR) is 88.9 cm³/mol. The summed E-state index contributed by atoms with van der Waals surface area (Å²) in [6.07, 6.45) is 8.84. The molecule has 0 saturated heterocycles. The highest BCUT2D eigenvalue weighted by atomic mass is 127. The molecule has 0 aliphatic heterocycles. The van der Waals surface area contributed by atoms with E-state index in [1.807, 2.05) is 0 Å². The lowest BCUT2D eigenvalue weighted by Crippen LogP contribution is -2.00. The van der Waals surface area contributed by atoms with Crippen LogP contribution < -0.4 is 0 Å². The lowest BCUT2D eigenvalue weighted by molar-refractivity contribution is 0.397. The molecule has 19 heavy (non-hydrogen) atoms. The minimum atomic E-state index is 0.0233. The zero-order valence-corrected chi connectivity index (χ0v) is 14.2. The summed E-state index contributed by atoms with van der Waals surface area (Å²) in [4.78, 5) is 0. The number of halogens is 1. The van der Waals surface area contributed by atoms with Crippen molar-refractivity contribution >= 4 is 22.6 Å². The first kappa shape index (κ1) is 16.6. The van der Waals surface area contributed by atoms with Gasteiger partial charge in [0.2, 0.25) is 0 Å². The van der Waals surface area contributed by atoms with E-state index in [9.17, 15) is 10.2 Å². The van der Waals surface area contributed by atoms with E-state index in [1.54, 1.807) is 6.07 Å². The molecule has 1 aromatic carbocycles. The smallest absolute Gasteiger partial charge is 0.161 e. The van der Waals surface area contributed by atoms with E-state index < -0.39 is 0 Å². The molecule has 2 N–H and O–H groups in total. The second-order valence-corrected chi connectivity index (χ2v) is 6.26. The molecule has 0 aliphatic rings. The fourth-order valence-corrected chi connectivity index (χ4v) is 3.25. The Labute approximate surface area is 130 Å². The quantitative estimate of drug-likeness (QED) is 0.373. The fraction of sp³-hybridized carbons (Fsp3) is 0.625. The van der Waals surface area contributed by atoms with Crippen LogP contribution in [0.2, 0.25) is 0 Å². The molecule has 0 fully saturated rings. The van der Waals surface area contributed by atoms with Crippen LogP contribution in [0.1, 0.15) is 63.5 Å². The van der Waals surface area contributed by atoms with Gasteiger partial charge in [0, 0.05) is 9.13 Å². The maximum atomic E-state index is 10.1. The first-order chi connectivity index (χ1) is 9.11. The van der Waals surface area contributed by atoms with E-state index in [4.69, 9.17) is 0 Å². The number of aromatic hydroxyl groups is 2. The molecule has 0 aliphatic carbocycles. The van der Waals surface area contributed by atoms with Crippen molar-refractivity contribution in [2.75, 3.05) is 0 Å². The second kappa shape index (κ2) is 8.67. The van der Waals surface area contributed by atoms with Crippen LogP contribution in [0.4, 0.5) is 0 Å². The molecule has 0 radical (unpaired) electrons. The Morgan fingerprint density at radius 2 is 1.42 bits per heavy atom. The molecule has 0 atom stereocenters. The lowest BCUT2D eigenvalue weighted by Gasteiger charge is -2.15. The van der Waals surface area contributed by atoms with Gasteiger partial charge in [0.25, 0.3) is 0 Å². The summed E-state index contributed by atoms with van der Waals surface area (Å²) in [6.45, 7) is 4.37. The molecular weight excluding hydrogens is 351 g/mol. The molecule has 0 bridgehead atoms. The zero-order chi connectivity index (χ0) is 14.3. The van der Waals surface area contributed by atoms with E-state index >= 15 is 0 Å². The number of rotatable bonds is 8. The number of unbranched alkanes of at least 4 members (excludes halogenated alkanes) is 4. The average molecular weight is 376 g/mol. The summed E-state index contributed by atoms with van der Waals surface area (Å²) in [5.41, 5.74) is 2.20. The Morgan fingerprint density at radius 3 is 1.95 bits per heavy atom. The summed E-state index contributed by atoms with van der Waals surface area (Å²) in [5.74, 6) is 0.123. The van der Waals surface area contributed by atoms with Gasteiger partial charge in [-0.05, 0) is 59.9 Å². The van der Waals surface area contributed by atoms with Crippen LogP contribution >= 0.6 is 22.6 Å². The molecule has 3 heteroatoms. The molecular formula is C16H25IO2. The molecule has 0 unspecified atom stereocenters. The number of benzene rings is 1. The molecule has 0 amide bonds. The van der Waals surface area contributed by atoms with Gasteiger partial charge in [-0.25, -0.2) is 0 Å². The van der Waals surface area contributed by atoms with Crippen LogP contribution in [0.5, 0.6) is 11.5 Å². The third kappa shape index (κ3) is 4.86. The summed E-state index contributed by atoms with van der Waals surface area (Å²) < 4.78 is 1.08. The Bertz CT molecular complexity index is 402. The van der Waals surface area contributed by atoms with E-state index in [0.29, 0.717) is 0 Å². The molecule has 0 heterocycles. The van der Waals surface area contributed by atoms with Crippen molar-refractivity contribution in [3.8, 4) is 11.5 Å². The third-order valence-corrected chi connectivity index (χ3v) is 4.47. The van der Waals surface area contributed by atoms with Crippen molar-refractivity contribution in [3.05, 3.63) is 20.8 Å². The van der Waals surface area contributed by atoms with Crippen molar-refractivity contribution < 1.29 is 10.2 Å². The molecule has 1 rings (SSSR count). The van der Waals surface area contributed by atoms with Crippen LogP contribution in [-0.4, -0.2) is 10.2 Å². The molecule has 2 nitrogen and oxygen atoms in total. The predicted octanol–water partition coefficient (Wildman–Crippen LogP) is 5.17. The Morgan fingerprint density at radius 1 is 0.895 bits per heavy atom. The van der Waals surface area contributed by atoms with Gasteiger partial charge in [0.1, 0.15) is 0 Å². The summed E-state index contributed by atoms with van der Waals surface area (Å²) in [6, 6.07) is 1.68. The van der Waals surface area contributed by atoms with Crippen LogP contribution in [0.25, 0.3) is 0 Å². The van der Waals surface area contributed by atoms with Gasteiger partial charge >= 0.3 is 0 Å². The van der Waals surface area contributed by atoms with E-state index in [2.05, 4.69) is 36.4 Å². The van der Waals surface area contributed by atoms with Gasteiger partial charge in [0.05, 0.1) is 0 Å². The van der Waals surface area contributed by atoms with Gasteiger partial charge in [0.15, 0.2) is 11.5 Å². The summed E-state index contributed by atoms with van der Waals surface area (Å²) >= 11 is 2.27. The fourth-order valence-electron chi connectivity index (χ4n) is 2.36. The summed E-state index contributed by atoms with van der Waals surface area (Å²) in [7, 11) is 0. The molecule has 0 spiro atoms. The highest BCUT2D eigenvalue weighted by molar-refractivity contribution is 14.1. The maximum absolute atomic E-state index is 10.1. The number of hydrogen-bond acceptors (Lipinski definition) is 2. The molecule has 0 aromatic heterocycles. The zero-order valence-electron chi connectivity index (χ0n) is 12.0. The SMILES string of the molecule is CCCCCc1c(I)cc(O)c(O)c1CCCCC. The monoisotopic (exact) mass is 376 g/mol. The molecule has 108 valence electrons. The first-order valence-electron chi connectivity index (χ1n) is 7.33. The van der Waals surface area contributed by atoms with Crippen LogP contribution in [0.15, 0.2) is 6.07 Å². The van der Waals surface area contributed by atoms with Crippen LogP contribution in [0, 0.1) is 3.57 Å². The van der Waals surface area contributed by atoms with Crippen LogP contribution in [0.3, 0.4) is 0 Å². The highest BCUT2D eigenvalue weighted by Crippen LogP contribution is 2.36. The van der Waals surface area contributed by atoms with Crippen molar-refractivity contribution in [1.82, 2.24) is 0 Å². The standard InChI is InChI=1S/C16H25IO2/c1-3-5-7-9-12-13(10-8-6-4-2)16(19)15(18)11-14(12)17/h11,18-19H,3-10H2,1-2H3. The van der Waals surface area contributed by atoms with Gasteiger partial charge in [-0.15, -0.1) is 0 Å². The summed E-state index contributed by atoms with van der Waals surface area (Å²) in [5, 5.41) is 19.9. The Hall–Kier alpha value is -0.450. The molecule has 0 saturated carbocycles. The lowest BCUT2D eigenvalue weighted by atomic mass is 9.96. The Kier molecular flexibility index (Phi) is 7.57. The van der Waals surface area contributed by atoms with Gasteiger partial charge < -0.3 is 10.2 Å². The largest absolute Gasteiger partial charge is 0.504 e. The minimum Gasteiger partial charge on any atom is -0.504 e. The topological polar surface area (TPSA) is 40.5 Å². The van der Waals surface area contributed by atoms with Crippen molar-refractivity contribution in [3.63, 3.8) is 0 Å². The normalized spacial score (nSPS) is 10.9. The molecule has 1 aromatic rings. The number of phenols is 2.